The van der Waals surface area contributed by atoms with Crippen molar-refractivity contribution < 1.29 is 9.47 Å². The molecule has 0 unspecified atom stereocenters. The summed E-state index contributed by atoms with van der Waals surface area (Å²) in [6, 6.07) is 7.35. The Balaban J connectivity index is 1.71. The first kappa shape index (κ1) is 13.9. The summed E-state index contributed by atoms with van der Waals surface area (Å²) >= 11 is 1.75. The maximum absolute atomic E-state index is 5.95. The van der Waals surface area contributed by atoms with Crippen molar-refractivity contribution in [3.8, 4) is 5.75 Å². The Bertz CT molecular complexity index is 563. The predicted molar refractivity (Wildman–Crippen MR) is 83.7 cm³/mol. The van der Waals surface area contributed by atoms with Gasteiger partial charge in [-0.15, -0.1) is 11.3 Å². The van der Waals surface area contributed by atoms with Gasteiger partial charge in [0, 0.05) is 32.7 Å². The van der Waals surface area contributed by atoms with Crippen LogP contribution in [-0.4, -0.2) is 26.4 Å². The van der Waals surface area contributed by atoms with Gasteiger partial charge in [-0.1, -0.05) is 0 Å². The molecule has 0 radical (unpaired) electrons. The van der Waals surface area contributed by atoms with Crippen molar-refractivity contribution in [2.75, 3.05) is 20.3 Å². The highest BCUT2D eigenvalue weighted by Gasteiger charge is 2.20. The average molecular weight is 291 g/mol. The molecule has 0 atom stereocenters. The van der Waals surface area contributed by atoms with E-state index in [-0.39, 0.29) is 0 Å². The maximum Gasteiger partial charge on any atom is 0.137 e. The monoisotopic (exact) mass is 291 g/mol. The van der Waals surface area contributed by atoms with E-state index in [9.17, 15) is 0 Å². The number of fused-ring (bicyclic) bond motifs is 1. The Labute approximate surface area is 123 Å². The summed E-state index contributed by atoms with van der Waals surface area (Å²) in [5.74, 6) is 1.02. The van der Waals surface area contributed by atoms with E-state index in [4.69, 9.17) is 9.47 Å². The number of hydrogen-bond donors (Lipinski definition) is 1. The van der Waals surface area contributed by atoms with Gasteiger partial charge >= 0.3 is 0 Å². The van der Waals surface area contributed by atoms with Crippen LogP contribution in [0.3, 0.4) is 0 Å². The molecule has 1 aromatic carbocycles. The van der Waals surface area contributed by atoms with E-state index in [1.807, 2.05) is 0 Å². The first-order chi connectivity index (χ1) is 9.86. The van der Waals surface area contributed by atoms with Crippen molar-refractivity contribution >= 4 is 21.4 Å². The number of methoxy groups -OCH3 is 1. The lowest BCUT2D eigenvalue weighted by molar-refractivity contribution is 0.172. The molecule has 0 amide bonds. The topological polar surface area (TPSA) is 30.5 Å². The molecule has 0 bridgehead atoms. The van der Waals surface area contributed by atoms with Gasteiger partial charge in [0.05, 0.1) is 11.3 Å². The predicted octanol–water partition coefficient (Wildman–Crippen LogP) is 3.57. The van der Waals surface area contributed by atoms with E-state index in [2.05, 4.69) is 28.9 Å². The molecule has 2 aromatic rings. The zero-order chi connectivity index (χ0) is 13.8. The van der Waals surface area contributed by atoms with Crippen molar-refractivity contribution in [1.82, 2.24) is 5.32 Å². The molecule has 20 heavy (non-hydrogen) atoms. The summed E-state index contributed by atoms with van der Waals surface area (Å²) in [4.78, 5) is 0. The van der Waals surface area contributed by atoms with E-state index in [1.165, 1.54) is 28.5 Å². The van der Waals surface area contributed by atoms with Crippen molar-refractivity contribution in [3.63, 3.8) is 0 Å². The third-order valence-electron chi connectivity index (χ3n) is 3.50. The van der Waals surface area contributed by atoms with Gasteiger partial charge in [0.2, 0.25) is 0 Å². The summed E-state index contributed by atoms with van der Waals surface area (Å²) in [6.07, 6.45) is 3.57. The van der Waals surface area contributed by atoms with Crippen molar-refractivity contribution in [3.05, 3.63) is 29.1 Å². The lowest BCUT2D eigenvalue weighted by Crippen LogP contribution is -2.15. The van der Waals surface area contributed by atoms with E-state index >= 15 is 0 Å². The Hall–Kier alpha value is -1.10. The van der Waals surface area contributed by atoms with Crippen LogP contribution in [-0.2, 0) is 11.3 Å². The number of nitrogens with one attached hydrogen (secondary N) is 1. The summed E-state index contributed by atoms with van der Waals surface area (Å²) in [6.45, 7) is 2.39. The van der Waals surface area contributed by atoms with Gasteiger partial charge in [-0.3, -0.25) is 0 Å². The van der Waals surface area contributed by atoms with Gasteiger partial charge in [-0.25, -0.2) is 0 Å². The highest BCUT2D eigenvalue weighted by molar-refractivity contribution is 7.17. The molecule has 1 saturated carbocycles. The number of thiophene rings is 1. The fourth-order valence-corrected chi connectivity index (χ4v) is 3.10. The van der Waals surface area contributed by atoms with E-state index in [0.717, 1.165) is 31.4 Å². The lowest BCUT2D eigenvalue weighted by Gasteiger charge is -2.10. The van der Waals surface area contributed by atoms with Crippen LogP contribution in [0.2, 0.25) is 0 Å². The fraction of sp³-hybridized carbons (Fsp3) is 0.500. The molecule has 3 nitrogen and oxygen atoms in total. The Kier molecular flexibility index (Phi) is 4.55. The fourth-order valence-electron chi connectivity index (χ4n) is 2.25. The van der Waals surface area contributed by atoms with Gasteiger partial charge in [-0.05, 0) is 47.4 Å². The van der Waals surface area contributed by atoms with Crippen LogP contribution in [0.25, 0.3) is 10.1 Å². The second-order valence-electron chi connectivity index (χ2n) is 5.28. The normalized spacial score (nSPS) is 14.8. The first-order valence-electron chi connectivity index (χ1n) is 7.22. The molecule has 3 rings (SSSR count). The third-order valence-corrected chi connectivity index (χ3v) is 4.44. The molecule has 108 valence electrons. The minimum absolute atomic E-state index is 0.709. The molecule has 0 saturated heterocycles. The van der Waals surface area contributed by atoms with Crippen LogP contribution in [0.15, 0.2) is 23.6 Å². The molecular weight excluding hydrogens is 270 g/mol. The van der Waals surface area contributed by atoms with Crippen LogP contribution in [0, 0.1) is 0 Å². The molecule has 1 aliphatic carbocycles. The van der Waals surface area contributed by atoms with E-state index in [0.29, 0.717) is 6.61 Å². The van der Waals surface area contributed by atoms with Crippen LogP contribution in [0.4, 0.5) is 0 Å². The Morgan fingerprint density at radius 1 is 1.30 bits per heavy atom. The third kappa shape index (κ3) is 3.51. The Morgan fingerprint density at radius 2 is 2.20 bits per heavy atom. The van der Waals surface area contributed by atoms with Crippen molar-refractivity contribution in [1.29, 1.82) is 0 Å². The molecule has 1 N–H and O–H groups in total. The summed E-state index contributed by atoms with van der Waals surface area (Å²) in [7, 11) is 1.72. The largest absolute Gasteiger partial charge is 0.492 e. The van der Waals surface area contributed by atoms with Gasteiger partial charge in [-0.2, -0.15) is 0 Å². The molecule has 1 fully saturated rings. The number of rotatable bonds is 8. The summed E-state index contributed by atoms with van der Waals surface area (Å²) < 4.78 is 12.3. The molecule has 1 aliphatic rings. The second-order valence-corrected chi connectivity index (χ2v) is 6.20. The van der Waals surface area contributed by atoms with E-state index < -0.39 is 0 Å². The summed E-state index contributed by atoms with van der Waals surface area (Å²) in [5.41, 5.74) is 1.31. The van der Waals surface area contributed by atoms with Gasteiger partial charge < -0.3 is 14.8 Å². The van der Waals surface area contributed by atoms with Crippen LogP contribution in [0.5, 0.6) is 5.75 Å². The van der Waals surface area contributed by atoms with Crippen LogP contribution >= 0.6 is 11.3 Å². The van der Waals surface area contributed by atoms with Gasteiger partial charge in [0.1, 0.15) is 5.75 Å². The smallest absolute Gasteiger partial charge is 0.137 e. The Morgan fingerprint density at radius 3 is 3.00 bits per heavy atom. The maximum atomic E-state index is 5.95. The average Bonchev–Trinajstić information content (AvgIpc) is 3.17. The number of ether oxygens (including phenoxy) is 2. The highest BCUT2D eigenvalue weighted by atomic mass is 32.1. The standard InChI is InChI=1S/C16H21NO2S/c1-18-6-2-7-19-15-10-12(11-17-14-3-4-14)9-13-5-8-20-16(13)15/h5,8-10,14,17H,2-4,6-7,11H2,1H3. The summed E-state index contributed by atoms with van der Waals surface area (Å²) in [5, 5.41) is 6.98. The lowest BCUT2D eigenvalue weighted by atomic mass is 10.1. The van der Waals surface area contributed by atoms with Gasteiger partial charge in [0.15, 0.2) is 0 Å². The minimum Gasteiger partial charge on any atom is -0.492 e. The number of hydrogen-bond acceptors (Lipinski definition) is 4. The molecule has 0 spiro atoms. The van der Waals surface area contributed by atoms with Crippen LogP contribution in [0.1, 0.15) is 24.8 Å². The van der Waals surface area contributed by atoms with Crippen molar-refractivity contribution in [2.45, 2.75) is 31.8 Å². The molecule has 1 aromatic heterocycles. The molecule has 0 aliphatic heterocycles. The molecule has 1 heterocycles. The van der Waals surface area contributed by atoms with Gasteiger partial charge in [0.25, 0.3) is 0 Å². The zero-order valence-corrected chi connectivity index (χ0v) is 12.7. The second kappa shape index (κ2) is 6.57. The van der Waals surface area contributed by atoms with Crippen molar-refractivity contribution in [2.24, 2.45) is 0 Å². The van der Waals surface area contributed by atoms with Crippen LogP contribution < -0.4 is 10.1 Å². The number of benzene rings is 1. The molecule has 4 heteroatoms. The van der Waals surface area contributed by atoms with E-state index in [1.54, 1.807) is 18.4 Å². The SMILES string of the molecule is COCCCOc1cc(CNC2CC2)cc2ccsc12. The molecular formula is C16H21NO2S. The highest BCUT2D eigenvalue weighted by Crippen LogP contribution is 2.32. The minimum atomic E-state index is 0.709. The zero-order valence-electron chi connectivity index (χ0n) is 11.9. The first-order valence-corrected chi connectivity index (χ1v) is 8.10. The quantitative estimate of drug-likeness (QED) is 0.754.